The van der Waals surface area contributed by atoms with Crippen LogP contribution < -0.4 is 16.0 Å². The number of thioether (sulfide) groups is 1. The molecule has 0 saturated carbocycles. The Labute approximate surface area is 80.9 Å². The lowest BCUT2D eigenvalue weighted by Crippen LogP contribution is -2.43. The quantitative estimate of drug-likeness (QED) is 0.243. The van der Waals surface area contributed by atoms with Gasteiger partial charge in [-0.15, -0.1) is 0 Å². The summed E-state index contributed by atoms with van der Waals surface area (Å²) in [7, 11) is -4.11. The van der Waals surface area contributed by atoms with Gasteiger partial charge in [-0.05, 0) is 18.7 Å². The normalized spacial score (nSPS) is 15.2. The number of amidine groups is 1. The molecule has 1 unspecified atom stereocenters. The fourth-order valence-corrected chi connectivity index (χ4v) is 1.74. The van der Waals surface area contributed by atoms with E-state index in [1.165, 1.54) is 0 Å². The molecule has 0 aromatic rings. The van der Waals surface area contributed by atoms with Crippen LogP contribution in [-0.2, 0) is 13.6 Å². The lowest BCUT2D eigenvalue weighted by molar-refractivity contribution is -0.224. The minimum absolute atomic E-state index is 0.00332. The van der Waals surface area contributed by atoms with E-state index >= 15 is 0 Å². The number of phosphoric acid groups is 1. The van der Waals surface area contributed by atoms with Crippen molar-refractivity contribution in [2.75, 3.05) is 19.0 Å². The molecule has 4 N–H and O–H groups in total. The Morgan fingerprint density at radius 2 is 2.31 bits per heavy atom. The summed E-state index contributed by atoms with van der Waals surface area (Å²) in [6.07, 6.45) is 0. The third-order valence-corrected chi connectivity index (χ3v) is 2.67. The average Bonchev–Trinajstić information content (AvgIpc) is 1.98. The monoisotopic (exact) mass is 228 g/mol. The van der Waals surface area contributed by atoms with Crippen molar-refractivity contribution in [1.82, 2.24) is 0 Å². The molecule has 6 nitrogen and oxygen atoms in total. The van der Waals surface area contributed by atoms with E-state index in [1.54, 1.807) is 6.92 Å². The minimum atomic E-state index is -4.11. The van der Waals surface area contributed by atoms with Crippen LogP contribution in [0.25, 0.3) is 0 Å². The number of hydrogen-bond acceptors (Lipinski definition) is 5. The summed E-state index contributed by atoms with van der Waals surface area (Å²) >= 11 is 1.12. The Bertz CT molecular complexity index is 213. The molecule has 1 atom stereocenters. The van der Waals surface area contributed by atoms with E-state index in [1.807, 2.05) is 0 Å². The van der Waals surface area contributed by atoms with Crippen molar-refractivity contribution >= 4 is 24.8 Å². The standard InChI is InChI=1S/C5H13N2O4PS/c1-2-10-12(8,9)11-3-4-13-5(6)7/h2-4H2,1H3,(H3,6,7)(H,8,9). The molecule has 0 heterocycles. The van der Waals surface area contributed by atoms with Gasteiger partial charge in [0.05, 0.1) is 13.2 Å². The molecular weight excluding hydrogens is 215 g/mol. The van der Waals surface area contributed by atoms with Gasteiger partial charge < -0.3 is 13.9 Å². The van der Waals surface area contributed by atoms with Crippen molar-refractivity contribution in [2.45, 2.75) is 6.92 Å². The van der Waals surface area contributed by atoms with Crippen molar-refractivity contribution in [3.05, 3.63) is 0 Å². The number of rotatable bonds is 6. The third-order valence-electron chi connectivity index (χ3n) is 0.889. The van der Waals surface area contributed by atoms with Crippen LogP contribution >= 0.6 is 19.6 Å². The largest absolute Gasteiger partial charge is 0.756 e. The third kappa shape index (κ3) is 8.27. The Balaban J connectivity index is 3.52. The van der Waals surface area contributed by atoms with Crippen LogP contribution in [0.2, 0.25) is 0 Å². The maximum atomic E-state index is 10.8. The SMILES string of the molecule is CCOP(=O)([O-])OCCSC(N)=[NH2+]. The van der Waals surface area contributed by atoms with Gasteiger partial charge in [0, 0.05) is 5.75 Å². The number of hydrogen-bond donors (Lipinski definition) is 2. The van der Waals surface area contributed by atoms with Crippen LogP contribution in [0.1, 0.15) is 6.92 Å². The maximum absolute atomic E-state index is 10.8. The molecule has 0 aromatic carbocycles. The zero-order chi connectivity index (χ0) is 10.3. The van der Waals surface area contributed by atoms with Gasteiger partial charge in [0.25, 0.3) is 13.0 Å². The Morgan fingerprint density at radius 3 is 2.77 bits per heavy atom. The maximum Gasteiger partial charge on any atom is 0.299 e. The zero-order valence-corrected chi connectivity index (χ0v) is 8.98. The van der Waals surface area contributed by atoms with Crippen molar-refractivity contribution in [3.8, 4) is 0 Å². The van der Waals surface area contributed by atoms with E-state index in [0.717, 1.165) is 11.8 Å². The van der Waals surface area contributed by atoms with Crippen molar-refractivity contribution < 1.29 is 23.9 Å². The van der Waals surface area contributed by atoms with Crippen LogP contribution in [0, 0.1) is 0 Å². The highest BCUT2D eigenvalue weighted by Gasteiger charge is 2.07. The molecule has 0 radical (unpaired) electrons. The molecule has 8 heteroatoms. The van der Waals surface area contributed by atoms with Crippen molar-refractivity contribution in [1.29, 1.82) is 0 Å². The van der Waals surface area contributed by atoms with Crippen LogP contribution in [0.5, 0.6) is 0 Å². The van der Waals surface area contributed by atoms with Crippen LogP contribution in [0.3, 0.4) is 0 Å². The van der Waals surface area contributed by atoms with Gasteiger partial charge in [0.15, 0.2) is 0 Å². The molecule has 0 saturated heterocycles. The van der Waals surface area contributed by atoms with Gasteiger partial charge in [0.1, 0.15) is 0 Å². The first kappa shape index (κ1) is 12.9. The fourth-order valence-electron chi connectivity index (χ4n) is 0.504. The van der Waals surface area contributed by atoms with E-state index < -0.39 is 7.82 Å². The second kappa shape index (κ2) is 6.39. The summed E-state index contributed by atoms with van der Waals surface area (Å²) in [6, 6.07) is 0. The second-order valence-corrected chi connectivity index (χ2v) is 4.53. The summed E-state index contributed by atoms with van der Waals surface area (Å²) in [5, 5.41) is 5.31. The first-order valence-corrected chi connectivity index (χ1v) is 6.03. The smallest absolute Gasteiger partial charge is 0.299 e. The van der Waals surface area contributed by atoms with E-state index in [9.17, 15) is 9.46 Å². The molecule has 0 rings (SSSR count). The molecule has 0 bridgehead atoms. The second-order valence-electron chi connectivity index (χ2n) is 1.95. The van der Waals surface area contributed by atoms with Gasteiger partial charge in [0.2, 0.25) is 0 Å². The van der Waals surface area contributed by atoms with E-state index in [-0.39, 0.29) is 18.4 Å². The topological polar surface area (TPSA) is 110 Å². The fraction of sp³-hybridized carbons (Fsp3) is 0.800. The van der Waals surface area contributed by atoms with Crippen LogP contribution in [-0.4, -0.2) is 24.1 Å². The molecular formula is C5H13N2O4PS. The van der Waals surface area contributed by atoms with E-state index in [4.69, 9.17) is 11.1 Å². The highest BCUT2D eigenvalue weighted by Crippen LogP contribution is 2.37. The van der Waals surface area contributed by atoms with Crippen LogP contribution in [0.15, 0.2) is 0 Å². The molecule has 0 aromatic heterocycles. The average molecular weight is 228 g/mol. The molecule has 0 fully saturated rings. The van der Waals surface area contributed by atoms with E-state index in [0.29, 0.717) is 5.75 Å². The Morgan fingerprint density at radius 1 is 1.69 bits per heavy atom. The molecule has 0 aliphatic carbocycles. The predicted octanol–water partition coefficient (Wildman–Crippen LogP) is -1.69. The van der Waals surface area contributed by atoms with Crippen molar-refractivity contribution in [3.63, 3.8) is 0 Å². The van der Waals surface area contributed by atoms with Gasteiger partial charge in [-0.25, -0.2) is 0 Å². The van der Waals surface area contributed by atoms with Gasteiger partial charge in [-0.1, -0.05) is 0 Å². The summed E-state index contributed by atoms with van der Waals surface area (Å²) in [5.74, 6) is 0.377. The summed E-state index contributed by atoms with van der Waals surface area (Å²) < 4.78 is 19.6. The molecule has 13 heavy (non-hydrogen) atoms. The first-order valence-electron chi connectivity index (χ1n) is 3.58. The van der Waals surface area contributed by atoms with Crippen molar-refractivity contribution in [2.24, 2.45) is 5.73 Å². The molecule has 0 spiro atoms. The summed E-state index contributed by atoms with van der Waals surface area (Å²) in [6.45, 7) is 1.64. The molecule has 0 amide bonds. The Hall–Kier alpha value is -0.0700. The molecule has 78 valence electrons. The highest BCUT2D eigenvalue weighted by molar-refractivity contribution is 8.13. The van der Waals surface area contributed by atoms with Gasteiger partial charge in [-0.2, -0.15) is 0 Å². The highest BCUT2D eigenvalue weighted by atomic mass is 32.2. The molecule has 0 aliphatic rings. The van der Waals surface area contributed by atoms with Gasteiger partial charge in [-0.3, -0.25) is 15.7 Å². The first-order chi connectivity index (χ1) is 5.98. The summed E-state index contributed by atoms with van der Waals surface area (Å²) in [4.78, 5) is 10.8. The lowest BCUT2D eigenvalue weighted by atomic mass is 10.9. The molecule has 0 aliphatic heterocycles. The van der Waals surface area contributed by atoms with Crippen LogP contribution in [0.4, 0.5) is 0 Å². The Kier molecular flexibility index (Phi) is 6.36. The lowest BCUT2D eigenvalue weighted by Gasteiger charge is -2.21. The number of nitrogens with two attached hydrogens (primary N) is 2. The van der Waals surface area contributed by atoms with E-state index in [2.05, 4.69) is 9.05 Å². The number of phosphoric ester groups is 1. The minimum Gasteiger partial charge on any atom is -0.756 e. The predicted molar refractivity (Wildman–Crippen MR) is 48.8 cm³/mol. The van der Waals surface area contributed by atoms with Gasteiger partial charge >= 0.3 is 0 Å². The zero-order valence-electron chi connectivity index (χ0n) is 7.26. The summed E-state index contributed by atoms with van der Waals surface area (Å²) in [5.41, 5.74) is 5.12.